The number of hydrogen-bond donors (Lipinski definition) is 1. The minimum Gasteiger partial charge on any atom is -0.438 e. The molecule has 0 amide bonds. The Hall–Kier alpha value is -4.61. The van der Waals surface area contributed by atoms with Crippen molar-refractivity contribution in [1.82, 2.24) is 9.55 Å². The number of fused-ring (bicyclic) bond motifs is 2. The number of benzene rings is 3. The number of aromatic nitrogens is 2. The van der Waals surface area contributed by atoms with E-state index in [-0.39, 0.29) is 45.2 Å². The van der Waals surface area contributed by atoms with Gasteiger partial charge in [0.1, 0.15) is 29.2 Å². The van der Waals surface area contributed by atoms with Crippen LogP contribution in [0.15, 0.2) is 67.0 Å². The molecule has 0 bridgehead atoms. The van der Waals surface area contributed by atoms with Crippen LogP contribution in [0.25, 0.3) is 5.69 Å². The van der Waals surface area contributed by atoms with E-state index >= 15 is 4.39 Å². The summed E-state index contributed by atoms with van der Waals surface area (Å²) in [6.07, 6.45) is -3.42. The van der Waals surface area contributed by atoms with Crippen molar-refractivity contribution in [2.24, 2.45) is 0 Å². The van der Waals surface area contributed by atoms with Crippen LogP contribution in [0.3, 0.4) is 0 Å². The number of ether oxygens (including phenoxy) is 1. The highest BCUT2D eigenvalue weighted by Crippen LogP contribution is 2.47. The Labute approximate surface area is 198 Å². The average Bonchev–Trinajstić information content (AvgIpc) is 2.82. The summed E-state index contributed by atoms with van der Waals surface area (Å²) in [6.45, 7) is 0. The number of halogens is 5. The molecule has 0 fully saturated rings. The van der Waals surface area contributed by atoms with E-state index in [0.717, 1.165) is 36.7 Å². The Kier molecular flexibility index (Phi) is 5.31. The molecule has 1 atom stereocenters. The Balaban J connectivity index is 1.74. The van der Waals surface area contributed by atoms with Gasteiger partial charge in [-0.1, -0.05) is 12.1 Å². The van der Waals surface area contributed by atoms with Crippen LogP contribution in [0.1, 0.15) is 28.2 Å². The number of nitro groups is 1. The number of nitrogens with zero attached hydrogens (tertiary/aromatic N) is 3. The minimum atomic E-state index is -4.56. The zero-order valence-electron chi connectivity index (χ0n) is 17.9. The Morgan fingerprint density at radius 3 is 2.42 bits per heavy atom. The van der Waals surface area contributed by atoms with Gasteiger partial charge in [0, 0.05) is 41.4 Å². The predicted molar refractivity (Wildman–Crippen MR) is 115 cm³/mol. The molecule has 1 aromatic heterocycles. The number of rotatable bonds is 3. The van der Waals surface area contributed by atoms with Gasteiger partial charge in [-0.05, 0) is 29.8 Å². The zero-order chi connectivity index (χ0) is 25.8. The van der Waals surface area contributed by atoms with Gasteiger partial charge in [0.25, 0.3) is 5.69 Å². The summed E-state index contributed by atoms with van der Waals surface area (Å²) < 4.78 is 74.7. The molecule has 3 aromatic carbocycles. The first kappa shape index (κ1) is 23.1. The molecule has 1 N–H and O–H groups in total. The molecule has 7 nitrogen and oxygen atoms in total. The number of nitrogens with one attached hydrogen (secondary N) is 1. The third-order valence-corrected chi connectivity index (χ3v) is 5.74. The fraction of sp³-hybridized carbons (Fsp3) is 0.0833. The molecule has 1 unspecified atom stereocenters. The van der Waals surface area contributed by atoms with E-state index in [2.05, 4.69) is 4.98 Å². The molecule has 0 saturated heterocycles. The van der Waals surface area contributed by atoms with Crippen LogP contribution in [0.4, 0.5) is 27.6 Å². The van der Waals surface area contributed by atoms with E-state index in [9.17, 15) is 27.7 Å². The molecule has 5 rings (SSSR count). The topological polar surface area (TPSA) is 94.0 Å². The Bertz CT molecular complexity index is 1580. The van der Waals surface area contributed by atoms with Gasteiger partial charge in [0.2, 0.25) is 5.88 Å². The highest BCUT2D eigenvalue weighted by Gasteiger charge is 2.36. The van der Waals surface area contributed by atoms with Crippen LogP contribution in [-0.4, -0.2) is 14.5 Å². The first-order chi connectivity index (χ1) is 17.0. The van der Waals surface area contributed by atoms with Crippen LogP contribution in [0, 0.1) is 27.2 Å². The van der Waals surface area contributed by atoms with Crippen LogP contribution in [0.2, 0.25) is 0 Å². The molecule has 1 aliphatic heterocycles. The molecule has 0 spiro atoms. The monoisotopic (exact) mass is 500 g/mol. The summed E-state index contributed by atoms with van der Waals surface area (Å²) in [6, 6.07) is 10.8. The van der Waals surface area contributed by atoms with Gasteiger partial charge >= 0.3 is 6.18 Å². The van der Waals surface area contributed by atoms with Crippen molar-refractivity contribution in [3.05, 3.63) is 116 Å². The highest BCUT2D eigenvalue weighted by molar-refractivity contribution is 5.57. The predicted octanol–water partition coefficient (Wildman–Crippen LogP) is 5.84. The molecule has 182 valence electrons. The van der Waals surface area contributed by atoms with Crippen LogP contribution in [0.5, 0.6) is 11.6 Å². The fourth-order valence-corrected chi connectivity index (χ4v) is 4.14. The maximum Gasteiger partial charge on any atom is 0.416 e. The number of hydrogen-bond acceptors (Lipinski definition) is 5. The van der Waals surface area contributed by atoms with E-state index in [1.54, 1.807) is 0 Å². The van der Waals surface area contributed by atoms with E-state index in [4.69, 9.17) is 10.1 Å². The standard InChI is InChI=1S/C24H13F5N4O3/c25-14-9-17(26)20-18(10-14)36-23-21(19(20)12-2-1-3-16(8-12)33(34)35)22(30)32(11-31-23)15-6-4-13(5-7-15)24(27,28)29/h1-11,19,30H. The van der Waals surface area contributed by atoms with Crippen molar-refractivity contribution in [2.45, 2.75) is 12.1 Å². The van der Waals surface area contributed by atoms with E-state index in [1.165, 1.54) is 28.8 Å². The summed E-state index contributed by atoms with van der Waals surface area (Å²) in [5.41, 5.74) is -1.30. The molecule has 36 heavy (non-hydrogen) atoms. The molecule has 0 aliphatic carbocycles. The molecule has 12 heteroatoms. The number of alkyl halides is 3. The van der Waals surface area contributed by atoms with Crippen molar-refractivity contribution in [3.63, 3.8) is 0 Å². The maximum atomic E-state index is 15.1. The van der Waals surface area contributed by atoms with E-state index in [0.29, 0.717) is 6.07 Å². The first-order valence-corrected chi connectivity index (χ1v) is 10.3. The minimum absolute atomic E-state index is 0.00379. The van der Waals surface area contributed by atoms with Gasteiger partial charge in [-0.2, -0.15) is 13.2 Å². The van der Waals surface area contributed by atoms with Crippen LogP contribution >= 0.6 is 0 Å². The van der Waals surface area contributed by atoms with Crippen molar-refractivity contribution in [3.8, 4) is 17.3 Å². The summed E-state index contributed by atoms with van der Waals surface area (Å²) in [5.74, 6) is -3.47. The molecule has 1 aliphatic rings. The van der Waals surface area contributed by atoms with Gasteiger partial charge in [0.05, 0.1) is 16.1 Å². The molecule has 2 heterocycles. The third-order valence-electron chi connectivity index (χ3n) is 5.74. The molecule has 4 aromatic rings. The lowest BCUT2D eigenvalue weighted by molar-refractivity contribution is -0.384. The number of non-ortho nitro benzene ring substituents is 1. The summed E-state index contributed by atoms with van der Waals surface area (Å²) in [7, 11) is 0. The third kappa shape index (κ3) is 3.85. The SMILES string of the molecule is N=c1c2c(ncn1-c1ccc(C(F)(F)F)cc1)Oc1cc(F)cc(F)c1C2c1cccc([N+](=O)[O-])c1. The number of nitro benzene ring substituents is 1. The average molecular weight is 500 g/mol. The van der Waals surface area contributed by atoms with Gasteiger partial charge in [-0.15, -0.1) is 0 Å². The summed E-state index contributed by atoms with van der Waals surface area (Å²) >= 11 is 0. The highest BCUT2D eigenvalue weighted by atomic mass is 19.4. The van der Waals surface area contributed by atoms with E-state index < -0.39 is 34.2 Å². The summed E-state index contributed by atoms with van der Waals surface area (Å²) in [5, 5.41) is 20.2. The van der Waals surface area contributed by atoms with Gasteiger partial charge in [-0.3, -0.25) is 20.1 Å². The molecular weight excluding hydrogens is 487 g/mol. The lowest BCUT2D eigenvalue weighted by atomic mass is 9.83. The van der Waals surface area contributed by atoms with Crippen LogP contribution < -0.4 is 10.2 Å². The smallest absolute Gasteiger partial charge is 0.416 e. The zero-order valence-corrected chi connectivity index (χ0v) is 17.9. The van der Waals surface area contributed by atoms with Crippen molar-refractivity contribution in [1.29, 1.82) is 5.41 Å². The quantitative estimate of drug-likeness (QED) is 0.191. The first-order valence-electron chi connectivity index (χ1n) is 10.3. The maximum absolute atomic E-state index is 15.1. The van der Waals surface area contributed by atoms with Gasteiger partial charge in [-0.25, -0.2) is 13.8 Å². The fourth-order valence-electron chi connectivity index (χ4n) is 4.14. The molecule has 0 radical (unpaired) electrons. The molecular formula is C24H13F5N4O3. The van der Waals surface area contributed by atoms with Gasteiger partial charge < -0.3 is 4.74 Å². The molecule has 0 saturated carbocycles. The lowest BCUT2D eigenvalue weighted by Crippen LogP contribution is -2.29. The second-order valence-electron chi connectivity index (χ2n) is 7.91. The van der Waals surface area contributed by atoms with Crippen LogP contribution in [-0.2, 0) is 6.18 Å². The summed E-state index contributed by atoms with van der Waals surface area (Å²) in [4.78, 5) is 14.9. The normalized spacial score (nSPS) is 14.5. The van der Waals surface area contributed by atoms with Crippen molar-refractivity contribution in [2.75, 3.05) is 0 Å². The van der Waals surface area contributed by atoms with Crippen molar-refractivity contribution < 1.29 is 31.6 Å². The van der Waals surface area contributed by atoms with Gasteiger partial charge in [0.15, 0.2) is 0 Å². The lowest BCUT2D eigenvalue weighted by Gasteiger charge is -2.28. The largest absolute Gasteiger partial charge is 0.438 e. The van der Waals surface area contributed by atoms with E-state index in [1.807, 2.05) is 0 Å². The second-order valence-corrected chi connectivity index (χ2v) is 7.91. The Morgan fingerprint density at radius 1 is 1.03 bits per heavy atom. The van der Waals surface area contributed by atoms with Crippen molar-refractivity contribution >= 4 is 5.69 Å². The second kappa shape index (κ2) is 8.26. The Morgan fingerprint density at radius 2 is 1.75 bits per heavy atom.